The molecule has 18 heavy (non-hydrogen) atoms. The molecular formula is C12H22N2O4. The monoisotopic (exact) mass is 258 g/mol. The summed E-state index contributed by atoms with van der Waals surface area (Å²) in [4.78, 5) is 25.5. The maximum absolute atomic E-state index is 11.1. The third kappa shape index (κ3) is 5.35. The van der Waals surface area contributed by atoms with Crippen LogP contribution in [0.4, 0.5) is 4.79 Å². The van der Waals surface area contributed by atoms with E-state index in [4.69, 9.17) is 9.84 Å². The Morgan fingerprint density at radius 2 is 1.83 bits per heavy atom. The van der Waals surface area contributed by atoms with Crippen molar-refractivity contribution in [2.24, 2.45) is 0 Å². The third-order valence-electron chi connectivity index (χ3n) is 3.05. The first-order valence-corrected chi connectivity index (χ1v) is 6.49. The van der Waals surface area contributed by atoms with Crippen molar-refractivity contribution in [1.29, 1.82) is 0 Å². The number of ether oxygens (including phenoxy) is 1. The van der Waals surface area contributed by atoms with Gasteiger partial charge in [-0.25, -0.2) is 4.79 Å². The van der Waals surface area contributed by atoms with Gasteiger partial charge in [-0.3, -0.25) is 9.69 Å². The molecule has 104 valence electrons. The van der Waals surface area contributed by atoms with Crippen molar-refractivity contribution in [3.63, 3.8) is 0 Å². The lowest BCUT2D eigenvalue weighted by atomic mass is 10.2. The number of amides is 1. The predicted octanol–water partition coefficient (Wildman–Crippen LogP) is 1.02. The first-order chi connectivity index (χ1) is 8.63. The Bertz CT molecular complexity index is 275. The molecule has 6 nitrogen and oxygen atoms in total. The second kappa shape index (κ2) is 7.92. The van der Waals surface area contributed by atoms with Crippen LogP contribution in [0.2, 0.25) is 0 Å². The van der Waals surface area contributed by atoms with Gasteiger partial charge in [0.1, 0.15) is 0 Å². The molecule has 0 aromatic carbocycles. The number of rotatable bonds is 6. The van der Waals surface area contributed by atoms with Crippen LogP contribution in [0.3, 0.4) is 0 Å². The Morgan fingerprint density at radius 3 is 2.39 bits per heavy atom. The highest BCUT2D eigenvalue weighted by molar-refractivity contribution is 5.69. The second-order valence-electron chi connectivity index (χ2n) is 4.37. The van der Waals surface area contributed by atoms with Gasteiger partial charge in [0.15, 0.2) is 0 Å². The van der Waals surface area contributed by atoms with Crippen molar-refractivity contribution >= 4 is 12.1 Å². The third-order valence-corrected chi connectivity index (χ3v) is 3.05. The topological polar surface area (TPSA) is 70.1 Å². The van der Waals surface area contributed by atoms with E-state index >= 15 is 0 Å². The van der Waals surface area contributed by atoms with Crippen LogP contribution in [-0.4, -0.2) is 66.3 Å². The van der Waals surface area contributed by atoms with Gasteiger partial charge < -0.3 is 14.7 Å². The van der Waals surface area contributed by atoms with Crippen molar-refractivity contribution in [3.8, 4) is 0 Å². The zero-order valence-electron chi connectivity index (χ0n) is 10.9. The lowest BCUT2D eigenvalue weighted by Crippen LogP contribution is -2.48. The average Bonchev–Trinajstić information content (AvgIpc) is 2.35. The first kappa shape index (κ1) is 14.8. The zero-order chi connectivity index (χ0) is 13.4. The molecule has 1 heterocycles. The highest BCUT2D eigenvalue weighted by Crippen LogP contribution is 2.05. The Hall–Kier alpha value is -1.30. The molecule has 1 amide bonds. The molecule has 1 saturated heterocycles. The van der Waals surface area contributed by atoms with Crippen LogP contribution in [0.25, 0.3) is 0 Å². The fraction of sp³-hybridized carbons (Fsp3) is 0.833. The van der Waals surface area contributed by atoms with Gasteiger partial charge in [-0.1, -0.05) is 0 Å². The number of hydrogen-bond donors (Lipinski definition) is 1. The van der Waals surface area contributed by atoms with E-state index in [2.05, 4.69) is 4.90 Å². The van der Waals surface area contributed by atoms with E-state index in [0.29, 0.717) is 26.1 Å². The number of carboxylic acid groups (broad SMARTS) is 1. The Morgan fingerprint density at radius 1 is 1.17 bits per heavy atom. The molecule has 0 radical (unpaired) electrons. The fourth-order valence-corrected chi connectivity index (χ4v) is 2.00. The SMILES string of the molecule is CCOC(=O)CCCCN1CCN(C(=O)O)CC1. The molecule has 0 unspecified atom stereocenters. The van der Waals surface area contributed by atoms with Crippen LogP contribution in [-0.2, 0) is 9.53 Å². The number of carbonyl (C=O) groups excluding carboxylic acids is 1. The average molecular weight is 258 g/mol. The zero-order valence-corrected chi connectivity index (χ0v) is 10.9. The number of carbonyl (C=O) groups is 2. The van der Waals surface area contributed by atoms with Gasteiger partial charge in [-0.15, -0.1) is 0 Å². The van der Waals surface area contributed by atoms with Crippen molar-refractivity contribution < 1.29 is 19.4 Å². The summed E-state index contributed by atoms with van der Waals surface area (Å²) in [6.45, 7) is 5.89. The molecule has 0 aliphatic carbocycles. The van der Waals surface area contributed by atoms with E-state index < -0.39 is 6.09 Å². The molecular weight excluding hydrogens is 236 g/mol. The maximum Gasteiger partial charge on any atom is 0.407 e. The summed E-state index contributed by atoms with van der Waals surface area (Å²) in [5.41, 5.74) is 0. The summed E-state index contributed by atoms with van der Waals surface area (Å²) in [6, 6.07) is 0. The van der Waals surface area contributed by atoms with Gasteiger partial charge in [-0.05, 0) is 26.3 Å². The normalized spacial score (nSPS) is 16.6. The quantitative estimate of drug-likeness (QED) is 0.569. The molecule has 1 fully saturated rings. The Kier molecular flexibility index (Phi) is 6.49. The van der Waals surface area contributed by atoms with E-state index in [0.717, 1.165) is 32.5 Å². The smallest absolute Gasteiger partial charge is 0.407 e. The minimum atomic E-state index is -0.836. The summed E-state index contributed by atoms with van der Waals surface area (Å²) in [5, 5.41) is 8.81. The van der Waals surface area contributed by atoms with Crippen LogP contribution < -0.4 is 0 Å². The van der Waals surface area contributed by atoms with Crippen molar-refractivity contribution in [3.05, 3.63) is 0 Å². The molecule has 1 aliphatic heterocycles. The van der Waals surface area contributed by atoms with Gasteiger partial charge in [0.25, 0.3) is 0 Å². The number of piperazine rings is 1. The molecule has 0 spiro atoms. The Labute approximate surface area is 107 Å². The molecule has 0 aromatic rings. The van der Waals surface area contributed by atoms with Crippen LogP contribution in [0.5, 0.6) is 0 Å². The maximum atomic E-state index is 11.1. The van der Waals surface area contributed by atoms with Crippen molar-refractivity contribution in [1.82, 2.24) is 9.80 Å². The van der Waals surface area contributed by atoms with Gasteiger partial charge >= 0.3 is 12.1 Å². The summed E-state index contributed by atoms with van der Waals surface area (Å²) in [6.07, 6.45) is 1.42. The largest absolute Gasteiger partial charge is 0.466 e. The molecule has 6 heteroatoms. The van der Waals surface area contributed by atoms with E-state index in [1.54, 1.807) is 6.92 Å². The summed E-state index contributed by atoms with van der Waals surface area (Å²) >= 11 is 0. The van der Waals surface area contributed by atoms with Crippen LogP contribution in [0.1, 0.15) is 26.2 Å². The fourth-order valence-electron chi connectivity index (χ4n) is 2.00. The van der Waals surface area contributed by atoms with Gasteiger partial charge in [-0.2, -0.15) is 0 Å². The lowest BCUT2D eigenvalue weighted by molar-refractivity contribution is -0.143. The molecule has 0 aromatic heterocycles. The van der Waals surface area contributed by atoms with Crippen molar-refractivity contribution in [2.45, 2.75) is 26.2 Å². The summed E-state index contributed by atoms with van der Waals surface area (Å²) < 4.78 is 4.85. The number of nitrogens with zero attached hydrogens (tertiary/aromatic N) is 2. The minimum Gasteiger partial charge on any atom is -0.466 e. The van der Waals surface area contributed by atoms with E-state index in [1.165, 1.54) is 4.90 Å². The standard InChI is InChI=1S/C12H22N2O4/c1-2-18-11(15)5-3-4-6-13-7-9-14(10-8-13)12(16)17/h2-10H2,1H3,(H,16,17). The minimum absolute atomic E-state index is 0.131. The van der Waals surface area contributed by atoms with Gasteiger partial charge in [0, 0.05) is 32.6 Å². The number of esters is 1. The summed E-state index contributed by atoms with van der Waals surface area (Å²) in [7, 11) is 0. The summed E-state index contributed by atoms with van der Waals surface area (Å²) in [5.74, 6) is -0.131. The van der Waals surface area contributed by atoms with E-state index in [9.17, 15) is 9.59 Å². The van der Waals surface area contributed by atoms with E-state index in [-0.39, 0.29) is 5.97 Å². The molecule has 0 bridgehead atoms. The van der Waals surface area contributed by atoms with Crippen molar-refractivity contribution in [2.75, 3.05) is 39.3 Å². The molecule has 1 N–H and O–H groups in total. The highest BCUT2D eigenvalue weighted by atomic mass is 16.5. The Balaban J connectivity index is 2.04. The molecule has 0 saturated carbocycles. The number of unbranched alkanes of at least 4 members (excludes halogenated alkanes) is 1. The molecule has 0 atom stereocenters. The highest BCUT2D eigenvalue weighted by Gasteiger charge is 2.19. The van der Waals surface area contributed by atoms with Crippen LogP contribution in [0.15, 0.2) is 0 Å². The molecule has 1 rings (SSSR count). The first-order valence-electron chi connectivity index (χ1n) is 6.49. The van der Waals surface area contributed by atoms with Crippen LogP contribution in [0, 0.1) is 0 Å². The lowest BCUT2D eigenvalue weighted by Gasteiger charge is -2.32. The predicted molar refractivity (Wildman–Crippen MR) is 66.5 cm³/mol. The number of hydrogen-bond acceptors (Lipinski definition) is 4. The van der Waals surface area contributed by atoms with Gasteiger partial charge in [0.05, 0.1) is 6.61 Å². The molecule has 1 aliphatic rings. The van der Waals surface area contributed by atoms with Crippen LogP contribution >= 0.6 is 0 Å². The van der Waals surface area contributed by atoms with Gasteiger partial charge in [0.2, 0.25) is 0 Å². The van der Waals surface area contributed by atoms with E-state index in [1.807, 2.05) is 0 Å². The second-order valence-corrected chi connectivity index (χ2v) is 4.37.